The molecule has 5 aromatic rings. The molecule has 4 heteroatoms. The van der Waals surface area contributed by atoms with Gasteiger partial charge in [-0.15, -0.1) is 11.3 Å². The Labute approximate surface area is 333 Å². The zero-order valence-electron chi connectivity index (χ0n) is 34.5. The van der Waals surface area contributed by atoms with Gasteiger partial charge < -0.3 is 9.80 Å². The maximum atomic E-state index is 4.07. The number of nitrogens with zero attached hydrogens (tertiary/aromatic N) is 2. The molecule has 2 aliphatic rings. The van der Waals surface area contributed by atoms with E-state index in [1.807, 2.05) is 11.3 Å². The second-order valence-corrected chi connectivity index (χ2v) is 21.9. The van der Waals surface area contributed by atoms with Crippen LogP contribution in [0.4, 0.5) is 28.4 Å². The maximum absolute atomic E-state index is 4.07. The molecule has 4 aromatic carbocycles. The SMILES string of the molecule is Cc1cc(N(c2ccc(C(C)(C)C)cc2)c2ccc(C(C)(C)C)cc2Br)cc(N(c2csc3ccc(C(C)(C)C)cc23)C2CC3CCC2(C)C3(C)C)c1. The van der Waals surface area contributed by atoms with Crippen LogP contribution in [-0.4, -0.2) is 6.04 Å². The largest absolute Gasteiger partial charge is 0.337 e. The molecule has 2 aliphatic carbocycles. The highest BCUT2D eigenvalue weighted by Gasteiger charge is 2.63. The number of rotatable bonds is 6. The van der Waals surface area contributed by atoms with Gasteiger partial charge in [-0.3, -0.25) is 0 Å². The molecule has 0 radical (unpaired) electrons. The van der Waals surface area contributed by atoms with Crippen LogP contribution in [0.25, 0.3) is 10.1 Å². The Morgan fingerprint density at radius 3 is 1.81 bits per heavy atom. The highest BCUT2D eigenvalue weighted by Crippen LogP contribution is 2.68. The summed E-state index contributed by atoms with van der Waals surface area (Å²) in [4.78, 5) is 5.26. The summed E-state index contributed by atoms with van der Waals surface area (Å²) in [5, 5.41) is 3.83. The molecule has 280 valence electrons. The van der Waals surface area contributed by atoms with Crippen molar-refractivity contribution in [1.29, 1.82) is 0 Å². The fraction of sp³-hybridized carbons (Fsp3) is 0.469. The lowest BCUT2D eigenvalue weighted by Crippen LogP contribution is -2.45. The molecule has 1 heterocycles. The zero-order valence-corrected chi connectivity index (χ0v) is 36.9. The topological polar surface area (TPSA) is 6.48 Å². The summed E-state index contributed by atoms with van der Waals surface area (Å²) in [6.07, 6.45) is 3.84. The van der Waals surface area contributed by atoms with Gasteiger partial charge in [-0.25, -0.2) is 0 Å². The Hall–Kier alpha value is -3.08. The molecule has 0 N–H and O–H groups in total. The lowest BCUT2D eigenvalue weighted by molar-refractivity contribution is 0.136. The van der Waals surface area contributed by atoms with Crippen molar-refractivity contribution in [1.82, 2.24) is 0 Å². The van der Waals surface area contributed by atoms with Crippen molar-refractivity contribution >= 4 is 65.8 Å². The van der Waals surface area contributed by atoms with Crippen LogP contribution in [0.5, 0.6) is 0 Å². The molecule has 2 fully saturated rings. The number of hydrogen-bond acceptors (Lipinski definition) is 3. The zero-order chi connectivity index (χ0) is 38.5. The van der Waals surface area contributed by atoms with Gasteiger partial charge in [0, 0.05) is 43.0 Å². The third-order valence-electron chi connectivity index (χ3n) is 13.4. The number of hydrogen-bond donors (Lipinski definition) is 0. The molecular weight excluding hydrogens is 729 g/mol. The predicted molar refractivity (Wildman–Crippen MR) is 237 cm³/mol. The van der Waals surface area contributed by atoms with E-state index in [0.29, 0.717) is 6.04 Å². The van der Waals surface area contributed by atoms with Crippen molar-refractivity contribution in [2.45, 2.75) is 132 Å². The summed E-state index contributed by atoms with van der Waals surface area (Å²) in [5.41, 5.74) is 12.1. The lowest BCUT2D eigenvalue weighted by Gasteiger charge is -2.45. The average molecular weight is 790 g/mol. The van der Waals surface area contributed by atoms with Crippen LogP contribution in [0.1, 0.15) is 125 Å². The molecule has 0 amide bonds. The van der Waals surface area contributed by atoms with Gasteiger partial charge >= 0.3 is 0 Å². The van der Waals surface area contributed by atoms with Crippen LogP contribution >= 0.6 is 27.3 Å². The molecule has 7 rings (SSSR count). The van der Waals surface area contributed by atoms with Gasteiger partial charge in [0.1, 0.15) is 0 Å². The van der Waals surface area contributed by atoms with Gasteiger partial charge in [-0.2, -0.15) is 0 Å². The van der Waals surface area contributed by atoms with Gasteiger partial charge in [0.25, 0.3) is 0 Å². The van der Waals surface area contributed by atoms with E-state index < -0.39 is 0 Å². The van der Waals surface area contributed by atoms with Gasteiger partial charge in [-0.1, -0.05) is 107 Å². The highest BCUT2D eigenvalue weighted by molar-refractivity contribution is 9.10. The molecule has 0 saturated heterocycles. The Balaban J connectivity index is 1.45. The quantitative estimate of drug-likeness (QED) is 0.169. The second kappa shape index (κ2) is 13.0. The van der Waals surface area contributed by atoms with E-state index in [1.165, 1.54) is 68.7 Å². The summed E-state index contributed by atoms with van der Waals surface area (Å²) in [7, 11) is 0. The smallest absolute Gasteiger partial charge is 0.0603 e. The normalized spacial score (nSPS) is 21.4. The first-order valence-electron chi connectivity index (χ1n) is 19.7. The van der Waals surface area contributed by atoms with E-state index in [4.69, 9.17) is 0 Å². The number of thiophene rings is 1. The third kappa shape index (κ3) is 6.69. The summed E-state index contributed by atoms with van der Waals surface area (Å²) in [6, 6.07) is 31.1. The monoisotopic (exact) mass is 788 g/mol. The van der Waals surface area contributed by atoms with Gasteiger partial charge in [0.15, 0.2) is 0 Å². The van der Waals surface area contributed by atoms with Crippen LogP contribution in [0, 0.1) is 23.7 Å². The maximum Gasteiger partial charge on any atom is 0.0603 e. The molecule has 0 spiro atoms. The molecule has 2 saturated carbocycles. The van der Waals surface area contributed by atoms with E-state index in [1.54, 1.807) is 0 Å². The van der Waals surface area contributed by atoms with Crippen LogP contribution in [0.3, 0.4) is 0 Å². The van der Waals surface area contributed by atoms with Gasteiger partial charge in [-0.05, 0) is 152 Å². The van der Waals surface area contributed by atoms with Gasteiger partial charge in [0.2, 0.25) is 0 Å². The van der Waals surface area contributed by atoms with Crippen molar-refractivity contribution in [3.05, 3.63) is 111 Å². The molecule has 53 heavy (non-hydrogen) atoms. The molecule has 3 unspecified atom stereocenters. The van der Waals surface area contributed by atoms with Crippen LogP contribution in [-0.2, 0) is 16.2 Å². The molecule has 1 aromatic heterocycles. The minimum atomic E-state index is 0.0535. The predicted octanol–water partition coefficient (Wildman–Crippen LogP) is 15.7. The molecule has 2 nitrogen and oxygen atoms in total. The standard InChI is InChI=1S/C49H61BrN2S/c1-31-24-37(51(36-18-14-32(15-19-36)45(2,3)4)41-20-16-34(27-40(41)50)47(8,9)10)29-38(25-31)52(44-28-35-22-23-49(44,13)48(35,11)12)42-30-53-43-21-17-33(26-39(42)43)46(5,6)7/h14-21,24-27,29-30,35,44H,22-23,28H2,1-13H3. The summed E-state index contributed by atoms with van der Waals surface area (Å²) in [6.45, 7) is 30.7. The third-order valence-corrected chi connectivity index (χ3v) is 15.0. The van der Waals surface area contributed by atoms with E-state index in [2.05, 4.69) is 200 Å². The van der Waals surface area contributed by atoms with Gasteiger partial charge in [0.05, 0.1) is 11.4 Å². The Morgan fingerprint density at radius 2 is 1.25 bits per heavy atom. The number of benzene rings is 4. The van der Waals surface area contributed by atoms with Crippen molar-refractivity contribution < 1.29 is 0 Å². The first-order valence-corrected chi connectivity index (χ1v) is 21.4. The van der Waals surface area contributed by atoms with Crippen LogP contribution < -0.4 is 9.80 Å². The van der Waals surface area contributed by atoms with E-state index in [0.717, 1.165) is 21.8 Å². The number of anilines is 5. The average Bonchev–Trinajstić information content (AvgIpc) is 3.64. The number of aryl methyl sites for hydroxylation is 1. The molecular formula is C49H61BrN2S. The fourth-order valence-electron chi connectivity index (χ4n) is 9.41. The Bertz CT molecular complexity index is 2150. The summed E-state index contributed by atoms with van der Waals surface area (Å²) >= 11 is 5.97. The molecule has 2 bridgehead atoms. The minimum absolute atomic E-state index is 0.0535. The number of halogens is 1. The highest BCUT2D eigenvalue weighted by atomic mass is 79.9. The Morgan fingerprint density at radius 1 is 0.660 bits per heavy atom. The summed E-state index contributed by atoms with van der Waals surface area (Å²) < 4.78 is 2.47. The summed E-state index contributed by atoms with van der Waals surface area (Å²) in [5.74, 6) is 0.731. The minimum Gasteiger partial charge on any atom is -0.337 e. The molecule has 3 atom stereocenters. The van der Waals surface area contributed by atoms with E-state index >= 15 is 0 Å². The van der Waals surface area contributed by atoms with Crippen molar-refractivity contribution in [2.75, 3.05) is 9.80 Å². The van der Waals surface area contributed by atoms with Crippen molar-refractivity contribution in [2.24, 2.45) is 16.7 Å². The van der Waals surface area contributed by atoms with E-state index in [-0.39, 0.29) is 27.1 Å². The first-order chi connectivity index (χ1) is 24.6. The molecule has 0 aliphatic heterocycles. The van der Waals surface area contributed by atoms with E-state index in [9.17, 15) is 0 Å². The second-order valence-electron chi connectivity index (χ2n) is 20.2. The lowest BCUT2D eigenvalue weighted by atomic mass is 9.68. The van der Waals surface area contributed by atoms with Crippen LogP contribution in [0.2, 0.25) is 0 Å². The Kier molecular flexibility index (Phi) is 9.38. The van der Waals surface area contributed by atoms with Crippen molar-refractivity contribution in [3.8, 4) is 0 Å². The van der Waals surface area contributed by atoms with Crippen LogP contribution in [0.15, 0.2) is 88.7 Å². The van der Waals surface area contributed by atoms with Crippen molar-refractivity contribution in [3.63, 3.8) is 0 Å². The fourth-order valence-corrected chi connectivity index (χ4v) is 10.9. The number of fused-ring (bicyclic) bond motifs is 3. The first kappa shape index (κ1) is 38.2.